The Kier molecular flexibility index (Phi) is 7.10. The number of amides is 2. The number of nitrogens with one attached hydrogen (secondary N) is 1. The van der Waals surface area contributed by atoms with E-state index in [1.165, 1.54) is 12.3 Å². The van der Waals surface area contributed by atoms with Crippen LogP contribution in [0.25, 0.3) is 0 Å². The monoisotopic (exact) mass is 466 g/mol. The number of rotatable bonds is 6. The summed E-state index contributed by atoms with van der Waals surface area (Å²) in [6, 6.07) is 12.4. The second kappa shape index (κ2) is 10.4. The maximum absolute atomic E-state index is 13.9. The zero-order valence-corrected chi connectivity index (χ0v) is 18.6. The van der Waals surface area contributed by atoms with Gasteiger partial charge in [-0.15, -0.1) is 0 Å². The van der Waals surface area contributed by atoms with Crippen LogP contribution in [0.2, 0.25) is 0 Å². The molecule has 2 amide bonds. The fourth-order valence-corrected chi connectivity index (χ4v) is 3.99. The minimum absolute atomic E-state index is 0.0755. The van der Waals surface area contributed by atoms with E-state index in [1.54, 1.807) is 36.1 Å². The Hall–Kier alpha value is -3.88. The molecule has 1 fully saturated rings. The van der Waals surface area contributed by atoms with Crippen molar-refractivity contribution in [2.45, 2.75) is 32.1 Å². The molecule has 0 unspecified atom stereocenters. The van der Waals surface area contributed by atoms with E-state index in [2.05, 4.69) is 15.4 Å². The summed E-state index contributed by atoms with van der Waals surface area (Å²) in [7, 11) is 0. The molecule has 9 heteroatoms. The third-order valence-corrected chi connectivity index (χ3v) is 5.81. The molecule has 0 aliphatic carbocycles. The highest BCUT2D eigenvalue weighted by Crippen LogP contribution is 2.29. The number of hydrogen-bond donors (Lipinski definition) is 1. The van der Waals surface area contributed by atoms with E-state index < -0.39 is 17.5 Å². The molecular formula is C25H24F2N4O3. The van der Waals surface area contributed by atoms with E-state index in [0.717, 1.165) is 12.1 Å². The average Bonchev–Trinajstić information content (AvgIpc) is 2.85. The van der Waals surface area contributed by atoms with Gasteiger partial charge in [0.25, 0.3) is 5.91 Å². The first kappa shape index (κ1) is 23.3. The summed E-state index contributed by atoms with van der Waals surface area (Å²) in [4.78, 5) is 41.0. The number of hydrogen-bond acceptors (Lipinski definition) is 5. The van der Waals surface area contributed by atoms with Gasteiger partial charge in [0.2, 0.25) is 5.91 Å². The first-order valence-electron chi connectivity index (χ1n) is 11.0. The number of benzene rings is 2. The molecule has 0 atom stereocenters. The number of piperidine rings is 1. The van der Waals surface area contributed by atoms with Crippen LogP contribution < -0.4 is 10.3 Å². The minimum Gasteiger partial charge on any atom is -0.379 e. The highest BCUT2D eigenvalue weighted by Gasteiger charge is 2.29. The number of nitrogens with zero attached hydrogens (tertiary/aromatic N) is 3. The summed E-state index contributed by atoms with van der Waals surface area (Å²) in [5.74, 6) is -1.31. The van der Waals surface area contributed by atoms with Gasteiger partial charge in [-0.1, -0.05) is 24.3 Å². The van der Waals surface area contributed by atoms with Gasteiger partial charge in [-0.25, -0.2) is 18.7 Å². The summed E-state index contributed by atoms with van der Waals surface area (Å²) < 4.78 is 27.8. The van der Waals surface area contributed by atoms with E-state index >= 15 is 0 Å². The van der Waals surface area contributed by atoms with Gasteiger partial charge in [0.15, 0.2) is 5.75 Å². The SMILES string of the molecule is Cc1ncc(C(=O)NOc2ccccc2)c(C2CCN(C(=O)Cc3c(F)cccc3F)CC2)n1. The predicted octanol–water partition coefficient (Wildman–Crippen LogP) is 3.74. The Balaban J connectivity index is 1.41. The zero-order chi connectivity index (χ0) is 24.1. The Labute approximate surface area is 195 Å². The van der Waals surface area contributed by atoms with Crippen molar-refractivity contribution in [3.8, 4) is 5.75 Å². The van der Waals surface area contributed by atoms with E-state index in [1.807, 2.05) is 6.07 Å². The fraction of sp³-hybridized carbons (Fsp3) is 0.280. The third kappa shape index (κ3) is 5.36. The average molecular weight is 466 g/mol. The van der Waals surface area contributed by atoms with Crippen LogP contribution in [0.3, 0.4) is 0 Å². The second-order valence-corrected chi connectivity index (χ2v) is 8.09. The number of aromatic nitrogens is 2. The van der Waals surface area contributed by atoms with Crippen molar-refractivity contribution in [1.29, 1.82) is 0 Å². The van der Waals surface area contributed by atoms with Gasteiger partial charge in [-0.3, -0.25) is 9.59 Å². The summed E-state index contributed by atoms with van der Waals surface area (Å²) in [5, 5.41) is 0. The van der Waals surface area contributed by atoms with Gasteiger partial charge in [-0.05, 0) is 44.0 Å². The fourth-order valence-electron chi connectivity index (χ4n) is 3.99. The standard InChI is InChI=1S/C25H24F2N4O3/c1-16-28-15-20(25(33)30-34-18-6-3-2-4-7-18)24(29-16)17-10-12-31(13-11-17)23(32)14-19-21(26)8-5-9-22(19)27/h2-9,15,17H,10-14H2,1H3,(H,30,33). The number of likely N-dealkylation sites (tertiary alicyclic amines) is 1. The van der Waals surface area contributed by atoms with E-state index in [-0.39, 0.29) is 23.8 Å². The van der Waals surface area contributed by atoms with Crippen molar-refractivity contribution >= 4 is 11.8 Å². The van der Waals surface area contributed by atoms with E-state index in [0.29, 0.717) is 48.8 Å². The molecule has 3 aromatic rings. The smallest absolute Gasteiger partial charge is 0.287 e. The normalized spacial score (nSPS) is 14.0. The van der Waals surface area contributed by atoms with Crippen molar-refractivity contribution in [2.24, 2.45) is 0 Å². The van der Waals surface area contributed by atoms with Crippen LogP contribution in [0.15, 0.2) is 54.7 Å². The molecule has 34 heavy (non-hydrogen) atoms. The lowest BCUT2D eigenvalue weighted by Gasteiger charge is -2.32. The zero-order valence-electron chi connectivity index (χ0n) is 18.6. The molecular weight excluding hydrogens is 442 g/mol. The van der Waals surface area contributed by atoms with Gasteiger partial charge in [0.1, 0.15) is 17.5 Å². The molecule has 1 aromatic heterocycles. The first-order chi connectivity index (χ1) is 16.4. The lowest BCUT2D eigenvalue weighted by atomic mass is 9.90. The van der Waals surface area contributed by atoms with E-state index in [4.69, 9.17) is 4.84 Å². The Morgan fingerprint density at radius 2 is 1.74 bits per heavy atom. The molecule has 176 valence electrons. The van der Waals surface area contributed by atoms with Crippen molar-refractivity contribution in [1.82, 2.24) is 20.3 Å². The Bertz CT molecular complexity index is 1160. The highest BCUT2D eigenvalue weighted by molar-refractivity contribution is 5.94. The predicted molar refractivity (Wildman–Crippen MR) is 120 cm³/mol. The van der Waals surface area contributed by atoms with Crippen LogP contribution in [-0.4, -0.2) is 39.8 Å². The van der Waals surface area contributed by atoms with Gasteiger partial charge >= 0.3 is 0 Å². The molecule has 1 aliphatic heterocycles. The van der Waals surface area contributed by atoms with Crippen LogP contribution in [0.1, 0.15) is 46.2 Å². The molecule has 0 spiro atoms. The number of para-hydroxylation sites is 1. The van der Waals surface area contributed by atoms with Crippen molar-refractivity contribution in [3.63, 3.8) is 0 Å². The molecule has 1 N–H and O–H groups in total. The molecule has 1 aliphatic rings. The van der Waals surface area contributed by atoms with Crippen molar-refractivity contribution < 1.29 is 23.2 Å². The van der Waals surface area contributed by atoms with Crippen LogP contribution >= 0.6 is 0 Å². The van der Waals surface area contributed by atoms with Crippen LogP contribution in [0.5, 0.6) is 5.75 Å². The van der Waals surface area contributed by atoms with Crippen LogP contribution in [-0.2, 0) is 11.2 Å². The number of halogens is 2. The summed E-state index contributed by atoms with van der Waals surface area (Å²) in [6.07, 6.45) is 2.25. The topological polar surface area (TPSA) is 84.4 Å². The minimum atomic E-state index is -0.729. The summed E-state index contributed by atoms with van der Waals surface area (Å²) in [6.45, 7) is 2.53. The van der Waals surface area contributed by atoms with Crippen LogP contribution in [0, 0.1) is 18.6 Å². The number of carbonyl (C=O) groups excluding carboxylic acids is 2. The molecule has 7 nitrogen and oxygen atoms in total. The number of hydroxylamine groups is 1. The molecule has 2 aromatic carbocycles. The van der Waals surface area contributed by atoms with Crippen molar-refractivity contribution in [2.75, 3.05) is 13.1 Å². The van der Waals surface area contributed by atoms with Gasteiger partial charge in [0.05, 0.1) is 17.7 Å². The quantitative estimate of drug-likeness (QED) is 0.560. The van der Waals surface area contributed by atoms with Gasteiger partial charge < -0.3 is 9.74 Å². The maximum Gasteiger partial charge on any atom is 0.287 e. The lowest BCUT2D eigenvalue weighted by Crippen LogP contribution is -2.39. The van der Waals surface area contributed by atoms with E-state index in [9.17, 15) is 18.4 Å². The third-order valence-electron chi connectivity index (χ3n) is 5.81. The molecule has 2 heterocycles. The molecule has 0 bridgehead atoms. The lowest BCUT2D eigenvalue weighted by molar-refractivity contribution is -0.131. The Morgan fingerprint density at radius 3 is 2.41 bits per heavy atom. The molecule has 1 saturated heterocycles. The van der Waals surface area contributed by atoms with Gasteiger partial charge in [0, 0.05) is 30.8 Å². The second-order valence-electron chi connectivity index (χ2n) is 8.09. The molecule has 4 rings (SSSR count). The maximum atomic E-state index is 13.9. The Morgan fingerprint density at radius 1 is 1.06 bits per heavy atom. The van der Waals surface area contributed by atoms with Crippen molar-refractivity contribution in [3.05, 3.63) is 89.0 Å². The summed E-state index contributed by atoms with van der Waals surface area (Å²) >= 11 is 0. The molecule has 0 radical (unpaired) electrons. The number of carbonyl (C=O) groups is 2. The highest BCUT2D eigenvalue weighted by atomic mass is 19.1. The van der Waals surface area contributed by atoms with Crippen LogP contribution in [0.4, 0.5) is 8.78 Å². The largest absolute Gasteiger partial charge is 0.379 e. The molecule has 0 saturated carbocycles. The summed E-state index contributed by atoms with van der Waals surface area (Å²) in [5.41, 5.74) is 3.10. The first-order valence-corrected chi connectivity index (χ1v) is 11.0. The van der Waals surface area contributed by atoms with Gasteiger partial charge in [-0.2, -0.15) is 5.48 Å². The number of aryl methyl sites for hydroxylation is 1.